The van der Waals surface area contributed by atoms with Crippen molar-refractivity contribution >= 4 is 0 Å². The highest BCUT2D eigenvalue weighted by atomic mass is 15.1. The molecule has 1 aliphatic heterocycles. The van der Waals surface area contributed by atoms with Crippen molar-refractivity contribution in [2.24, 2.45) is 5.73 Å². The van der Waals surface area contributed by atoms with Gasteiger partial charge in [0.2, 0.25) is 0 Å². The van der Waals surface area contributed by atoms with Crippen molar-refractivity contribution < 1.29 is 0 Å². The minimum absolute atomic E-state index is 0.0706. The fourth-order valence-corrected chi connectivity index (χ4v) is 3.16. The number of hydrogen-bond donors (Lipinski definition) is 1. The Bertz CT molecular complexity index is 471. The molecule has 1 saturated carbocycles. The van der Waals surface area contributed by atoms with Gasteiger partial charge in [0.15, 0.2) is 5.69 Å². The summed E-state index contributed by atoms with van der Waals surface area (Å²) in [5.41, 5.74) is 7.80. The highest BCUT2D eigenvalue weighted by molar-refractivity contribution is 5.33. The van der Waals surface area contributed by atoms with Gasteiger partial charge in [-0.1, -0.05) is 6.42 Å². The maximum Gasteiger partial charge on any atom is 0.162 e. The van der Waals surface area contributed by atoms with E-state index >= 15 is 0 Å². The van der Waals surface area contributed by atoms with Crippen LogP contribution in [0.25, 0.3) is 0 Å². The van der Waals surface area contributed by atoms with Gasteiger partial charge in [0, 0.05) is 18.5 Å². The van der Waals surface area contributed by atoms with Gasteiger partial charge in [0.05, 0.1) is 5.69 Å². The smallest absolute Gasteiger partial charge is 0.162 e. The number of hydrogen-bond acceptors (Lipinski definition) is 3. The van der Waals surface area contributed by atoms with Crippen molar-refractivity contribution in [1.29, 1.82) is 5.26 Å². The van der Waals surface area contributed by atoms with Gasteiger partial charge in [-0.2, -0.15) is 5.26 Å². The summed E-state index contributed by atoms with van der Waals surface area (Å²) < 4.78 is 2.29. The number of aromatic nitrogens is 2. The molecule has 1 aromatic rings. The van der Waals surface area contributed by atoms with E-state index in [2.05, 4.69) is 15.6 Å². The summed E-state index contributed by atoms with van der Waals surface area (Å²) in [5, 5.41) is 9.18. The summed E-state index contributed by atoms with van der Waals surface area (Å²) in [5.74, 6) is 1.09. The van der Waals surface area contributed by atoms with Gasteiger partial charge >= 0.3 is 0 Å². The Morgan fingerprint density at radius 1 is 1.35 bits per heavy atom. The molecule has 1 aromatic heterocycles. The molecule has 0 amide bonds. The Balaban J connectivity index is 2.11. The van der Waals surface area contributed by atoms with Crippen molar-refractivity contribution in [3.63, 3.8) is 0 Å². The zero-order chi connectivity index (χ0) is 11.9. The van der Waals surface area contributed by atoms with Gasteiger partial charge in [0.25, 0.3) is 0 Å². The van der Waals surface area contributed by atoms with Crippen LogP contribution in [0.4, 0.5) is 0 Å². The topological polar surface area (TPSA) is 67.6 Å². The van der Waals surface area contributed by atoms with E-state index in [1.54, 1.807) is 0 Å². The third-order valence-electron chi connectivity index (χ3n) is 4.40. The molecule has 2 heterocycles. The Morgan fingerprint density at radius 2 is 2.18 bits per heavy atom. The molecule has 0 atom stereocenters. The van der Waals surface area contributed by atoms with Gasteiger partial charge in [-0.05, 0) is 32.1 Å². The zero-order valence-corrected chi connectivity index (χ0v) is 10.1. The van der Waals surface area contributed by atoms with Crippen molar-refractivity contribution in [3.05, 3.63) is 17.2 Å². The first kappa shape index (κ1) is 10.8. The average molecular weight is 230 g/mol. The molecule has 90 valence electrons. The van der Waals surface area contributed by atoms with E-state index in [1.807, 2.05) is 0 Å². The molecule has 2 aliphatic rings. The van der Waals surface area contributed by atoms with Crippen molar-refractivity contribution in [1.82, 2.24) is 9.55 Å². The summed E-state index contributed by atoms with van der Waals surface area (Å²) in [6.45, 7) is 1.68. The highest BCUT2D eigenvalue weighted by Crippen LogP contribution is 2.43. The predicted molar refractivity (Wildman–Crippen MR) is 64.5 cm³/mol. The SMILES string of the molecule is N#Cc1nc(C2(CN)CCC2)n2c1CCCC2. The highest BCUT2D eigenvalue weighted by Gasteiger charge is 2.42. The van der Waals surface area contributed by atoms with Crippen molar-refractivity contribution in [2.75, 3.05) is 6.54 Å². The van der Waals surface area contributed by atoms with Crippen LogP contribution in [0.5, 0.6) is 0 Å². The van der Waals surface area contributed by atoms with Crippen LogP contribution in [0.15, 0.2) is 0 Å². The first-order chi connectivity index (χ1) is 8.30. The van der Waals surface area contributed by atoms with E-state index in [0.717, 1.165) is 37.3 Å². The first-order valence-electron chi connectivity index (χ1n) is 6.51. The zero-order valence-electron chi connectivity index (χ0n) is 10.1. The summed E-state index contributed by atoms with van der Waals surface area (Å²) in [6.07, 6.45) is 6.87. The number of imidazole rings is 1. The van der Waals surface area contributed by atoms with Crippen molar-refractivity contribution in [2.45, 2.75) is 50.5 Å². The molecule has 1 fully saturated rings. The molecule has 0 unspecified atom stereocenters. The normalized spacial score (nSPS) is 21.4. The lowest BCUT2D eigenvalue weighted by Gasteiger charge is -2.40. The summed E-state index contributed by atoms with van der Waals surface area (Å²) >= 11 is 0. The monoisotopic (exact) mass is 230 g/mol. The third kappa shape index (κ3) is 1.42. The van der Waals surface area contributed by atoms with E-state index in [0.29, 0.717) is 12.2 Å². The number of nitriles is 1. The second-order valence-corrected chi connectivity index (χ2v) is 5.29. The largest absolute Gasteiger partial charge is 0.330 e. The van der Waals surface area contributed by atoms with Gasteiger partial charge in [-0.15, -0.1) is 0 Å². The molecule has 0 spiro atoms. The van der Waals surface area contributed by atoms with E-state index in [1.165, 1.54) is 19.3 Å². The van der Waals surface area contributed by atoms with Gasteiger partial charge in [0.1, 0.15) is 11.9 Å². The molecule has 17 heavy (non-hydrogen) atoms. The van der Waals surface area contributed by atoms with Crippen LogP contribution >= 0.6 is 0 Å². The van der Waals surface area contributed by atoms with Crippen LogP contribution in [0.2, 0.25) is 0 Å². The second kappa shape index (κ2) is 3.85. The van der Waals surface area contributed by atoms with Crippen LogP contribution < -0.4 is 5.73 Å². The quantitative estimate of drug-likeness (QED) is 0.836. The summed E-state index contributed by atoms with van der Waals surface area (Å²) in [4.78, 5) is 4.60. The van der Waals surface area contributed by atoms with Gasteiger partial charge in [-0.25, -0.2) is 4.98 Å². The Labute approximate surface area is 101 Å². The van der Waals surface area contributed by atoms with Crippen LogP contribution in [-0.2, 0) is 18.4 Å². The molecule has 1 aliphatic carbocycles. The maximum absolute atomic E-state index is 9.18. The lowest BCUT2D eigenvalue weighted by atomic mass is 9.68. The molecule has 3 rings (SSSR count). The lowest BCUT2D eigenvalue weighted by molar-refractivity contribution is 0.227. The van der Waals surface area contributed by atoms with E-state index in [9.17, 15) is 5.26 Å². The lowest BCUT2D eigenvalue weighted by Crippen LogP contribution is -2.44. The molecule has 4 nitrogen and oxygen atoms in total. The minimum Gasteiger partial charge on any atom is -0.330 e. The molecule has 0 bridgehead atoms. The minimum atomic E-state index is 0.0706. The fraction of sp³-hybridized carbons (Fsp3) is 0.692. The van der Waals surface area contributed by atoms with Crippen LogP contribution in [-0.4, -0.2) is 16.1 Å². The standard InChI is InChI=1S/C13H18N4/c14-8-10-11-4-1-2-7-17(11)12(16-10)13(9-15)5-3-6-13/h1-7,9,15H2. The molecular formula is C13H18N4. The Kier molecular flexibility index (Phi) is 2.44. The van der Waals surface area contributed by atoms with Gasteiger partial charge < -0.3 is 10.3 Å². The van der Waals surface area contributed by atoms with E-state index in [4.69, 9.17) is 5.73 Å². The average Bonchev–Trinajstić information content (AvgIpc) is 2.68. The molecule has 2 N–H and O–H groups in total. The maximum atomic E-state index is 9.18. The molecular weight excluding hydrogens is 212 g/mol. The predicted octanol–water partition coefficient (Wildman–Crippen LogP) is 1.47. The number of nitrogens with two attached hydrogens (primary N) is 1. The molecule has 0 radical (unpaired) electrons. The third-order valence-corrected chi connectivity index (χ3v) is 4.40. The van der Waals surface area contributed by atoms with E-state index < -0.39 is 0 Å². The number of nitrogens with zero attached hydrogens (tertiary/aromatic N) is 3. The second-order valence-electron chi connectivity index (χ2n) is 5.29. The summed E-state index contributed by atoms with van der Waals surface area (Å²) in [6, 6.07) is 2.25. The van der Waals surface area contributed by atoms with Gasteiger partial charge in [-0.3, -0.25) is 0 Å². The van der Waals surface area contributed by atoms with Crippen LogP contribution in [0.1, 0.15) is 49.3 Å². The van der Waals surface area contributed by atoms with Crippen LogP contribution in [0, 0.1) is 11.3 Å². The Morgan fingerprint density at radius 3 is 2.76 bits per heavy atom. The number of fused-ring (bicyclic) bond motifs is 1. The number of rotatable bonds is 2. The first-order valence-corrected chi connectivity index (χ1v) is 6.51. The fourth-order valence-electron chi connectivity index (χ4n) is 3.16. The molecule has 0 aromatic carbocycles. The van der Waals surface area contributed by atoms with Crippen molar-refractivity contribution in [3.8, 4) is 6.07 Å². The molecule has 4 heteroatoms. The summed E-state index contributed by atoms with van der Waals surface area (Å²) in [7, 11) is 0. The Hall–Kier alpha value is -1.34. The van der Waals surface area contributed by atoms with E-state index in [-0.39, 0.29) is 5.41 Å². The van der Waals surface area contributed by atoms with Crippen LogP contribution in [0.3, 0.4) is 0 Å². The molecule has 0 saturated heterocycles.